The summed E-state index contributed by atoms with van der Waals surface area (Å²) < 4.78 is 0. The molecule has 76 valence electrons. The molecule has 3 heteroatoms. The standard InChI is InChI=1S/C11H15NO2/c1-11(7-13)6-5-8-3-2-4-9(14)10(8)12-11/h2-4,12-14H,5-7H2,1H3. The molecule has 1 aromatic carbocycles. The Bertz CT molecular complexity index is 351. The monoisotopic (exact) mass is 193 g/mol. The average molecular weight is 193 g/mol. The van der Waals surface area contributed by atoms with E-state index in [2.05, 4.69) is 5.32 Å². The van der Waals surface area contributed by atoms with E-state index in [0.29, 0.717) is 0 Å². The Morgan fingerprint density at radius 1 is 1.50 bits per heavy atom. The summed E-state index contributed by atoms with van der Waals surface area (Å²) in [7, 11) is 0. The largest absolute Gasteiger partial charge is 0.506 e. The van der Waals surface area contributed by atoms with Gasteiger partial charge in [0.2, 0.25) is 0 Å². The zero-order valence-electron chi connectivity index (χ0n) is 8.25. The van der Waals surface area contributed by atoms with Crippen LogP contribution in [-0.2, 0) is 6.42 Å². The van der Waals surface area contributed by atoms with Crippen LogP contribution in [0.1, 0.15) is 18.9 Å². The Balaban J connectivity index is 2.38. The van der Waals surface area contributed by atoms with Crippen molar-refractivity contribution < 1.29 is 10.2 Å². The molecule has 0 aromatic heterocycles. The van der Waals surface area contributed by atoms with Crippen molar-refractivity contribution in [1.29, 1.82) is 0 Å². The van der Waals surface area contributed by atoms with Crippen LogP contribution >= 0.6 is 0 Å². The van der Waals surface area contributed by atoms with E-state index in [0.717, 1.165) is 24.1 Å². The van der Waals surface area contributed by atoms with E-state index < -0.39 is 0 Å². The van der Waals surface area contributed by atoms with Crippen molar-refractivity contribution in [2.24, 2.45) is 0 Å². The number of para-hydroxylation sites is 1. The topological polar surface area (TPSA) is 52.5 Å². The zero-order valence-corrected chi connectivity index (χ0v) is 8.25. The second kappa shape index (κ2) is 3.17. The van der Waals surface area contributed by atoms with E-state index in [-0.39, 0.29) is 17.9 Å². The van der Waals surface area contributed by atoms with Gasteiger partial charge in [-0.1, -0.05) is 12.1 Å². The molecule has 0 amide bonds. The predicted molar refractivity (Wildman–Crippen MR) is 55.5 cm³/mol. The highest BCUT2D eigenvalue weighted by atomic mass is 16.3. The number of anilines is 1. The summed E-state index contributed by atoms with van der Waals surface area (Å²) >= 11 is 0. The van der Waals surface area contributed by atoms with E-state index in [9.17, 15) is 10.2 Å². The third-order valence-corrected chi connectivity index (χ3v) is 2.85. The second-order valence-electron chi connectivity index (χ2n) is 4.16. The maximum atomic E-state index is 9.64. The fourth-order valence-electron chi connectivity index (χ4n) is 1.83. The first-order valence-electron chi connectivity index (χ1n) is 4.84. The normalized spacial score (nSPS) is 25.3. The number of hydrogen-bond acceptors (Lipinski definition) is 3. The lowest BCUT2D eigenvalue weighted by molar-refractivity contribution is 0.211. The minimum Gasteiger partial charge on any atom is -0.506 e. The Hall–Kier alpha value is -1.22. The number of hydrogen-bond donors (Lipinski definition) is 3. The highest BCUT2D eigenvalue weighted by molar-refractivity contribution is 5.64. The van der Waals surface area contributed by atoms with Gasteiger partial charge in [-0.2, -0.15) is 0 Å². The quantitative estimate of drug-likeness (QED) is 0.592. The van der Waals surface area contributed by atoms with Crippen molar-refractivity contribution in [1.82, 2.24) is 0 Å². The minimum atomic E-state index is -0.300. The molecule has 3 N–H and O–H groups in total. The third-order valence-electron chi connectivity index (χ3n) is 2.85. The Kier molecular flexibility index (Phi) is 2.11. The smallest absolute Gasteiger partial charge is 0.138 e. The van der Waals surface area contributed by atoms with Gasteiger partial charge >= 0.3 is 0 Å². The van der Waals surface area contributed by atoms with Crippen LogP contribution in [0.5, 0.6) is 5.75 Å². The van der Waals surface area contributed by atoms with Crippen molar-refractivity contribution in [2.45, 2.75) is 25.3 Å². The van der Waals surface area contributed by atoms with Crippen molar-refractivity contribution in [3.8, 4) is 5.75 Å². The molecule has 1 unspecified atom stereocenters. The molecule has 0 saturated heterocycles. The van der Waals surface area contributed by atoms with Crippen molar-refractivity contribution >= 4 is 5.69 Å². The maximum absolute atomic E-state index is 9.64. The molecule has 0 saturated carbocycles. The molecule has 0 bridgehead atoms. The van der Waals surface area contributed by atoms with Gasteiger partial charge in [-0.05, 0) is 31.4 Å². The van der Waals surface area contributed by atoms with Gasteiger partial charge in [0, 0.05) is 0 Å². The van der Waals surface area contributed by atoms with Gasteiger partial charge in [0.25, 0.3) is 0 Å². The first-order valence-corrected chi connectivity index (χ1v) is 4.84. The molecule has 1 aliphatic heterocycles. The fourth-order valence-corrected chi connectivity index (χ4v) is 1.83. The summed E-state index contributed by atoms with van der Waals surface area (Å²) in [5.41, 5.74) is 1.59. The molecule has 1 heterocycles. The van der Waals surface area contributed by atoms with Crippen molar-refractivity contribution in [3.63, 3.8) is 0 Å². The van der Waals surface area contributed by atoms with Crippen LogP contribution in [0.3, 0.4) is 0 Å². The molecule has 0 radical (unpaired) electrons. The Labute approximate surface area is 83.4 Å². The molecule has 0 aliphatic carbocycles. The number of nitrogens with one attached hydrogen (secondary N) is 1. The van der Waals surface area contributed by atoms with Gasteiger partial charge in [0.1, 0.15) is 5.75 Å². The molecule has 3 nitrogen and oxygen atoms in total. The summed E-state index contributed by atoms with van der Waals surface area (Å²) in [6.45, 7) is 2.04. The van der Waals surface area contributed by atoms with Crippen LogP contribution in [0.15, 0.2) is 18.2 Å². The molecule has 2 rings (SSSR count). The van der Waals surface area contributed by atoms with Gasteiger partial charge < -0.3 is 15.5 Å². The van der Waals surface area contributed by atoms with Gasteiger partial charge in [-0.15, -0.1) is 0 Å². The molecule has 0 fully saturated rings. The number of aliphatic hydroxyl groups excluding tert-OH is 1. The summed E-state index contributed by atoms with van der Waals surface area (Å²) in [4.78, 5) is 0. The highest BCUT2D eigenvalue weighted by Gasteiger charge is 2.29. The van der Waals surface area contributed by atoms with Crippen LogP contribution in [-0.4, -0.2) is 22.4 Å². The number of fused-ring (bicyclic) bond motifs is 1. The number of phenols is 1. The van der Waals surface area contributed by atoms with Crippen LogP contribution in [0, 0.1) is 0 Å². The Morgan fingerprint density at radius 3 is 3.00 bits per heavy atom. The first kappa shape index (κ1) is 9.34. The molecule has 1 atom stereocenters. The maximum Gasteiger partial charge on any atom is 0.138 e. The SMILES string of the molecule is CC1(CO)CCc2cccc(O)c2N1. The van der Waals surface area contributed by atoms with Gasteiger partial charge in [-0.25, -0.2) is 0 Å². The molecule has 1 aromatic rings. The molecular formula is C11H15NO2. The second-order valence-corrected chi connectivity index (χ2v) is 4.16. The molecule has 1 aliphatic rings. The lowest BCUT2D eigenvalue weighted by Gasteiger charge is -2.35. The zero-order chi connectivity index (χ0) is 10.2. The molecule has 0 spiro atoms. The van der Waals surface area contributed by atoms with E-state index >= 15 is 0 Å². The summed E-state index contributed by atoms with van der Waals surface area (Å²) in [6, 6.07) is 5.51. The summed E-state index contributed by atoms with van der Waals surface area (Å²) in [5.74, 6) is 0.266. The first-order chi connectivity index (χ1) is 6.64. The minimum absolute atomic E-state index is 0.0841. The average Bonchev–Trinajstić information content (AvgIpc) is 2.20. The number of aryl methyl sites for hydroxylation is 1. The molecular weight excluding hydrogens is 178 g/mol. The van der Waals surface area contributed by atoms with E-state index in [1.54, 1.807) is 6.07 Å². The van der Waals surface area contributed by atoms with Crippen LogP contribution in [0.4, 0.5) is 5.69 Å². The van der Waals surface area contributed by atoms with Gasteiger partial charge in [-0.3, -0.25) is 0 Å². The van der Waals surface area contributed by atoms with Gasteiger partial charge in [0.15, 0.2) is 0 Å². The third kappa shape index (κ3) is 1.44. The van der Waals surface area contributed by atoms with Gasteiger partial charge in [0.05, 0.1) is 17.8 Å². The number of phenolic OH excluding ortho intramolecular Hbond substituents is 1. The highest BCUT2D eigenvalue weighted by Crippen LogP contribution is 2.36. The van der Waals surface area contributed by atoms with Crippen LogP contribution in [0.25, 0.3) is 0 Å². The van der Waals surface area contributed by atoms with E-state index in [1.165, 1.54) is 0 Å². The fraction of sp³-hybridized carbons (Fsp3) is 0.455. The number of aliphatic hydroxyl groups is 1. The number of benzene rings is 1. The summed E-state index contributed by atoms with van der Waals surface area (Å²) in [6.07, 6.45) is 1.79. The molecule has 14 heavy (non-hydrogen) atoms. The van der Waals surface area contributed by atoms with Crippen LogP contribution < -0.4 is 5.32 Å². The van der Waals surface area contributed by atoms with Crippen molar-refractivity contribution in [3.05, 3.63) is 23.8 Å². The lowest BCUT2D eigenvalue weighted by Crippen LogP contribution is -2.42. The Morgan fingerprint density at radius 2 is 2.29 bits per heavy atom. The van der Waals surface area contributed by atoms with Crippen LogP contribution in [0.2, 0.25) is 0 Å². The number of aromatic hydroxyl groups is 1. The number of rotatable bonds is 1. The lowest BCUT2D eigenvalue weighted by atomic mass is 9.88. The van der Waals surface area contributed by atoms with E-state index in [4.69, 9.17) is 0 Å². The summed E-state index contributed by atoms with van der Waals surface area (Å²) in [5, 5.41) is 22.1. The predicted octanol–water partition coefficient (Wildman–Crippen LogP) is 1.50. The van der Waals surface area contributed by atoms with Crippen molar-refractivity contribution in [2.75, 3.05) is 11.9 Å². The van der Waals surface area contributed by atoms with E-state index in [1.807, 2.05) is 19.1 Å².